The van der Waals surface area contributed by atoms with Gasteiger partial charge in [0, 0.05) is 23.6 Å². The lowest BCUT2D eigenvalue weighted by Crippen LogP contribution is -2.14. The molecule has 138 valence electrons. The van der Waals surface area contributed by atoms with Crippen LogP contribution in [0.5, 0.6) is 5.75 Å². The van der Waals surface area contributed by atoms with Crippen LogP contribution >= 0.6 is 12.4 Å². The summed E-state index contributed by atoms with van der Waals surface area (Å²) >= 11 is 0. The van der Waals surface area contributed by atoms with Gasteiger partial charge in [-0.25, -0.2) is 9.50 Å². The molecule has 0 unspecified atom stereocenters. The van der Waals surface area contributed by atoms with Crippen molar-refractivity contribution in [3.63, 3.8) is 0 Å². The molecule has 3 rings (SSSR count). The molecule has 0 fully saturated rings. The number of hydrogen-bond donors (Lipinski definition) is 2. The summed E-state index contributed by atoms with van der Waals surface area (Å²) in [5.41, 5.74) is 9.56. The van der Waals surface area contributed by atoms with Crippen molar-refractivity contribution >= 4 is 29.6 Å². The Hall–Kier alpha value is -2.64. The highest BCUT2D eigenvalue weighted by molar-refractivity contribution is 6.09. The van der Waals surface area contributed by atoms with Gasteiger partial charge in [0.05, 0.1) is 5.69 Å². The van der Waals surface area contributed by atoms with Crippen LogP contribution in [-0.2, 0) is 0 Å². The third-order valence-electron chi connectivity index (χ3n) is 3.80. The fourth-order valence-electron chi connectivity index (χ4n) is 2.70. The molecule has 1 aromatic carbocycles. The van der Waals surface area contributed by atoms with Crippen molar-refractivity contribution in [1.82, 2.24) is 14.6 Å². The van der Waals surface area contributed by atoms with Crippen LogP contribution in [0, 0.1) is 20.8 Å². The largest absolute Gasteiger partial charge is 0.492 e. The highest BCUT2D eigenvalue weighted by Crippen LogP contribution is 2.20. The Morgan fingerprint density at radius 3 is 2.58 bits per heavy atom. The number of ether oxygens (including phenoxy) is 1. The third-order valence-corrected chi connectivity index (χ3v) is 3.80. The Balaban J connectivity index is 0.00000243. The average Bonchev–Trinajstić information content (AvgIpc) is 2.90. The molecule has 0 spiro atoms. The van der Waals surface area contributed by atoms with E-state index in [-0.39, 0.29) is 18.3 Å². The summed E-state index contributed by atoms with van der Waals surface area (Å²) in [5.74, 6) is 0.476. The number of amides is 1. The third kappa shape index (κ3) is 3.95. The molecule has 3 aromatic rings. The summed E-state index contributed by atoms with van der Waals surface area (Å²) in [4.78, 5) is 17.2. The van der Waals surface area contributed by atoms with Crippen LogP contribution in [-0.4, -0.2) is 33.7 Å². The van der Waals surface area contributed by atoms with Gasteiger partial charge in [-0.2, -0.15) is 5.10 Å². The van der Waals surface area contributed by atoms with Gasteiger partial charge in [-0.05, 0) is 51.1 Å². The molecule has 0 atom stereocenters. The molecule has 0 aliphatic rings. The summed E-state index contributed by atoms with van der Waals surface area (Å²) < 4.78 is 7.12. The highest BCUT2D eigenvalue weighted by Gasteiger charge is 2.19. The highest BCUT2D eigenvalue weighted by atomic mass is 35.5. The van der Waals surface area contributed by atoms with Gasteiger partial charge in [0.15, 0.2) is 5.65 Å². The van der Waals surface area contributed by atoms with Crippen molar-refractivity contribution in [1.29, 1.82) is 0 Å². The van der Waals surface area contributed by atoms with Crippen LogP contribution in [0.25, 0.3) is 5.65 Å². The van der Waals surface area contributed by atoms with Gasteiger partial charge in [0.2, 0.25) is 0 Å². The van der Waals surface area contributed by atoms with Crippen molar-refractivity contribution in [2.45, 2.75) is 20.8 Å². The van der Waals surface area contributed by atoms with Crippen molar-refractivity contribution in [3.8, 4) is 5.75 Å². The van der Waals surface area contributed by atoms with Crippen molar-refractivity contribution in [2.24, 2.45) is 5.73 Å². The zero-order chi connectivity index (χ0) is 18.0. The number of nitrogens with two attached hydrogens (primary N) is 1. The number of anilines is 1. The van der Waals surface area contributed by atoms with Gasteiger partial charge < -0.3 is 15.8 Å². The zero-order valence-corrected chi connectivity index (χ0v) is 15.8. The Morgan fingerprint density at radius 2 is 1.92 bits per heavy atom. The second-order valence-electron chi connectivity index (χ2n) is 5.85. The molecule has 2 heterocycles. The first-order chi connectivity index (χ1) is 12.0. The molecule has 26 heavy (non-hydrogen) atoms. The van der Waals surface area contributed by atoms with Gasteiger partial charge in [-0.3, -0.25) is 4.79 Å². The van der Waals surface area contributed by atoms with E-state index < -0.39 is 0 Å². The molecular weight excluding hydrogens is 354 g/mol. The van der Waals surface area contributed by atoms with Crippen molar-refractivity contribution < 1.29 is 9.53 Å². The van der Waals surface area contributed by atoms with Crippen LogP contribution in [0.15, 0.2) is 30.3 Å². The minimum atomic E-state index is -0.236. The minimum Gasteiger partial charge on any atom is -0.492 e. The Bertz CT molecular complexity index is 921. The first-order valence-electron chi connectivity index (χ1n) is 8.07. The summed E-state index contributed by atoms with van der Waals surface area (Å²) in [5, 5.41) is 7.31. The number of nitrogens with one attached hydrogen (secondary N) is 1. The van der Waals surface area contributed by atoms with Crippen LogP contribution in [0.4, 0.5) is 5.69 Å². The summed E-state index contributed by atoms with van der Waals surface area (Å²) in [7, 11) is 0. The maximum Gasteiger partial charge on any atom is 0.261 e. The van der Waals surface area contributed by atoms with Crippen LogP contribution < -0.4 is 15.8 Å². The molecular formula is C18H22ClN5O2. The van der Waals surface area contributed by atoms with E-state index in [0.29, 0.717) is 41.5 Å². The minimum absolute atomic E-state index is 0. The number of aromatic nitrogens is 3. The van der Waals surface area contributed by atoms with E-state index in [1.165, 1.54) is 0 Å². The van der Waals surface area contributed by atoms with Gasteiger partial charge in [-0.1, -0.05) is 0 Å². The van der Waals surface area contributed by atoms with E-state index in [9.17, 15) is 4.79 Å². The Kier molecular flexibility index (Phi) is 6.18. The summed E-state index contributed by atoms with van der Waals surface area (Å²) in [6, 6.07) is 9.09. The fraction of sp³-hybridized carbons (Fsp3) is 0.278. The Labute approximate surface area is 158 Å². The van der Waals surface area contributed by atoms with E-state index in [1.807, 2.05) is 26.8 Å². The van der Waals surface area contributed by atoms with E-state index in [4.69, 9.17) is 10.5 Å². The molecule has 1 amide bonds. The number of benzene rings is 1. The molecule has 0 saturated carbocycles. The average molecular weight is 376 g/mol. The fourth-order valence-corrected chi connectivity index (χ4v) is 2.70. The molecule has 0 saturated heterocycles. The topological polar surface area (TPSA) is 94.5 Å². The van der Waals surface area contributed by atoms with Crippen LogP contribution in [0.3, 0.4) is 0 Å². The number of fused-ring (bicyclic) bond motifs is 1. The smallest absolute Gasteiger partial charge is 0.261 e. The molecule has 7 nitrogen and oxygen atoms in total. The number of aryl methyl sites for hydroxylation is 3. The molecule has 8 heteroatoms. The van der Waals surface area contributed by atoms with Gasteiger partial charge in [-0.15, -0.1) is 12.4 Å². The van der Waals surface area contributed by atoms with E-state index in [2.05, 4.69) is 15.4 Å². The van der Waals surface area contributed by atoms with E-state index >= 15 is 0 Å². The molecule has 2 aromatic heterocycles. The van der Waals surface area contributed by atoms with Gasteiger partial charge in [0.1, 0.15) is 17.9 Å². The van der Waals surface area contributed by atoms with E-state index in [0.717, 1.165) is 11.4 Å². The van der Waals surface area contributed by atoms with Crippen LogP contribution in [0.1, 0.15) is 27.4 Å². The number of carbonyl (C=O) groups is 1. The van der Waals surface area contributed by atoms with Crippen molar-refractivity contribution in [2.75, 3.05) is 18.5 Å². The maximum atomic E-state index is 12.7. The predicted molar refractivity (Wildman–Crippen MR) is 103 cm³/mol. The second kappa shape index (κ2) is 8.16. The van der Waals surface area contributed by atoms with E-state index in [1.54, 1.807) is 28.8 Å². The number of halogens is 1. The number of carbonyl (C=O) groups excluding carboxylic acids is 1. The van der Waals surface area contributed by atoms with Crippen LogP contribution in [0.2, 0.25) is 0 Å². The molecule has 3 N–H and O–H groups in total. The Morgan fingerprint density at radius 1 is 1.23 bits per heavy atom. The quantitative estimate of drug-likeness (QED) is 0.714. The standard InChI is InChI=1S/C18H21N5O2.ClH/c1-11-10-12(2)23-17(20-11)16(13(3)22-23)18(24)21-14-4-6-15(7-5-14)25-9-8-19;/h4-7,10H,8-9,19H2,1-3H3,(H,21,24);1H. The molecule has 0 aliphatic heterocycles. The first kappa shape index (κ1) is 19.7. The zero-order valence-electron chi connectivity index (χ0n) is 14.9. The normalized spacial score (nSPS) is 10.5. The molecule has 0 radical (unpaired) electrons. The number of nitrogens with zero attached hydrogens (tertiary/aromatic N) is 3. The van der Waals surface area contributed by atoms with Gasteiger partial charge >= 0.3 is 0 Å². The lowest BCUT2D eigenvalue weighted by molar-refractivity contribution is 0.102. The maximum absolute atomic E-state index is 12.7. The predicted octanol–water partition coefficient (Wildman–Crippen LogP) is 2.67. The number of rotatable bonds is 5. The van der Waals surface area contributed by atoms with Gasteiger partial charge in [0.25, 0.3) is 5.91 Å². The second-order valence-corrected chi connectivity index (χ2v) is 5.85. The van der Waals surface area contributed by atoms with Crippen molar-refractivity contribution in [3.05, 3.63) is 53.0 Å². The SMILES string of the molecule is Cc1cc(C)n2nc(C)c(C(=O)Nc3ccc(OCCN)cc3)c2n1.Cl. The number of hydrogen-bond acceptors (Lipinski definition) is 5. The molecule has 0 bridgehead atoms. The summed E-state index contributed by atoms with van der Waals surface area (Å²) in [6.45, 7) is 6.56. The monoisotopic (exact) mass is 375 g/mol. The first-order valence-corrected chi connectivity index (χ1v) is 8.07. The molecule has 0 aliphatic carbocycles. The lowest BCUT2D eigenvalue weighted by atomic mass is 10.2. The lowest BCUT2D eigenvalue weighted by Gasteiger charge is -2.08. The summed E-state index contributed by atoms with van der Waals surface area (Å²) in [6.07, 6.45) is 0.